The minimum absolute atomic E-state index is 0.00190. The number of rotatable bonds is 11. The molecular formula is C29H33Cl2N3O4S. The number of benzene rings is 3. The first-order valence-electron chi connectivity index (χ1n) is 12.6. The number of anilines is 1. The van der Waals surface area contributed by atoms with Crippen LogP contribution in [0.3, 0.4) is 0 Å². The summed E-state index contributed by atoms with van der Waals surface area (Å²) in [6, 6.07) is 17.6. The molecule has 0 unspecified atom stereocenters. The molecule has 0 aliphatic carbocycles. The van der Waals surface area contributed by atoms with Crippen molar-refractivity contribution in [1.82, 2.24) is 10.2 Å². The number of carbonyl (C=O) groups excluding carboxylic acids is 2. The van der Waals surface area contributed by atoms with E-state index in [9.17, 15) is 18.0 Å². The van der Waals surface area contributed by atoms with Crippen LogP contribution in [0.2, 0.25) is 10.0 Å². The Bertz CT molecular complexity index is 1430. The van der Waals surface area contributed by atoms with E-state index in [1.54, 1.807) is 19.1 Å². The lowest BCUT2D eigenvalue weighted by Gasteiger charge is -2.33. The van der Waals surface area contributed by atoms with Crippen molar-refractivity contribution in [1.29, 1.82) is 0 Å². The first kappa shape index (κ1) is 30.5. The Morgan fingerprint density at radius 2 is 1.62 bits per heavy atom. The fourth-order valence-electron chi connectivity index (χ4n) is 4.25. The second kappa shape index (κ2) is 13.3. The zero-order chi connectivity index (χ0) is 28.7. The molecule has 0 fully saturated rings. The Morgan fingerprint density at radius 1 is 0.923 bits per heavy atom. The number of aryl methyl sites for hydroxylation is 2. The Kier molecular flexibility index (Phi) is 10.4. The molecule has 39 heavy (non-hydrogen) atoms. The molecule has 0 saturated carbocycles. The molecule has 3 rings (SSSR count). The Balaban J connectivity index is 2.11. The van der Waals surface area contributed by atoms with Gasteiger partial charge in [0.1, 0.15) is 12.6 Å². The predicted molar refractivity (Wildman–Crippen MR) is 157 cm³/mol. The lowest BCUT2D eigenvalue weighted by molar-refractivity contribution is -0.140. The fraction of sp³-hybridized carbons (Fsp3) is 0.310. The van der Waals surface area contributed by atoms with E-state index in [-0.39, 0.29) is 33.1 Å². The molecule has 7 nitrogen and oxygen atoms in total. The summed E-state index contributed by atoms with van der Waals surface area (Å²) in [4.78, 5) is 28.4. The summed E-state index contributed by atoms with van der Waals surface area (Å²) in [7, 11) is -4.24. The van der Waals surface area contributed by atoms with Gasteiger partial charge in [-0.15, -0.1) is 0 Å². The highest BCUT2D eigenvalue weighted by Gasteiger charge is 2.34. The fourth-order valence-corrected chi connectivity index (χ4v) is 6.11. The smallest absolute Gasteiger partial charge is 0.264 e. The standard InChI is InChI=1S/C29H33Cl2N3O4S/c1-5-26(29(36)32-6-2)33(18-22-9-7-8-21(4)16-22)28(35)19-34(27-17-23(30)12-15-25(27)31)39(37,38)24-13-10-20(3)11-14-24/h7-17,26H,5-6,18-19H2,1-4H3,(H,32,36)/t26-/m0/s1. The maximum atomic E-state index is 14.0. The van der Waals surface area contributed by atoms with Crippen LogP contribution in [0.5, 0.6) is 0 Å². The molecule has 10 heteroatoms. The maximum Gasteiger partial charge on any atom is 0.264 e. The van der Waals surface area contributed by atoms with Crippen molar-refractivity contribution >= 4 is 50.7 Å². The molecule has 1 atom stereocenters. The summed E-state index contributed by atoms with van der Waals surface area (Å²) < 4.78 is 28.8. The molecule has 3 aromatic rings. The van der Waals surface area contributed by atoms with Gasteiger partial charge in [-0.25, -0.2) is 8.42 Å². The number of halogens is 2. The van der Waals surface area contributed by atoms with Gasteiger partial charge in [0, 0.05) is 18.1 Å². The normalized spacial score (nSPS) is 12.1. The second-order valence-electron chi connectivity index (χ2n) is 9.25. The topological polar surface area (TPSA) is 86.8 Å². The largest absolute Gasteiger partial charge is 0.355 e. The van der Waals surface area contributed by atoms with Gasteiger partial charge in [0.05, 0.1) is 15.6 Å². The van der Waals surface area contributed by atoms with Crippen LogP contribution >= 0.6 is 23.2 Å². The van der Waals surface area contributed by atoms with Gasteiger partial charge in [-0.1, -0.05) is 77.7 Å². The maximum absolute atomic E-state index is 14.0. The van der Waals surface area contributed by atoms with Crippen LogP contribution in [0.4, 0.5) is 5.69 Å². The van der Waals surface area contributed by atoms with Gasteiger partial charge in [-0.3, -0.25) is 13.9 Å². The average Bonchev–Trinajstić information content (AvgIpc) is 2.89. The molecule has 0 saturated heterocycles. The first-order chi connectivity index (χ1) is 18.5. The van der Waals surface area contributed by atoms with Crippen LogP contribution in [0.15, 0.2) is 71.6 Å². The zero-order valence-corrected chi connectivity index (χ0v) is 24.8. The molecule has 1 N–H and O–H groups in total. The van der Waals surface area contributed by atoms with Crippen LogP contribution in [-0.4, -0.2) is 44.3 Å². The van der Waals surface area contributed by atoms with E-state index >= 15 is 0 Å². The van der Waals surface area contributed by atoms with Gasteiger partial charge in [0.25, 0.3) is 10.0 Å². The van der Waals surface area contributed by atoms with E-state index < -0.39 is 28.5 Å². The molecule has 0 spiro atoms. The molecule has 0 aliphatic heterocycles. The van der Waals surface area contributed by atoms with E-state index in [1.807, 2.05) is 45.0 Å². The zero-order valence-electron chi connectivity index (χ0n) is 22.4. The van der Waals surface area contributed by atoms with E-state index in [1.165, 1.54) is 35.2 Å². The molecule has 0 heterocycles. The molecule has 0 radical (unpaired) electrons. The van der Waals surface area contributed by atoms with Gasteiger partial charge in [0.2, 0.25) is 11.8 Å². The van der Waals surface area contributed by atoms with Crippen molar-refractivity contribution in [2.75, 3.05) is 17.4 Å². The molecule has 0 aromatic heterocycles. The number of nitrogens with one attached hydrogen (secondary N) is 1. The summed E-state index contributed by atoms with van der Waals surface area (Å²) in [6.45, 7) is 7.33. The number of hydrogen-bond acceptors (Lipinski definition) is 4. The third-order valence-corrected chi connectivity index (χ3v) is 8.57. The summed E-state index contributed by atoms with van der Waals surface area (Å²) >= 11 is 12.7. The van der Waals surface area contributed by atoms with E-state index in [0.717, 1.165) is 21.0 Å². The Labute approximate surface area is 240 Å². The highest BCUT2D eigenvalue weighted by atomic mass is 35.5. The SMILES string of the molecule is CCNC(=O)[C@H](CC)N(Cc1cccc(C)c1)C(=O)CN(c1cc(Cl)ccc1Cl)S(=O)(=O)c1ccc(C)cc1. The van der Waals surface area contributed by atoms with Crippen LogP contribution < -0.4 is 9.62 Å². The van der Waals surface area contributed by atoms with Crippen molar-refractivity contribution in [3.05, 3.63) is 93.5 Å². The van der Waals surface area contributed by atoms with Gasteiger partial charge in [-0.05, 0) is 63.1 Å². The molecule has 2 amide bonds. The number of nitrogens with zero attached hydrogens (tertiary/aromatic N) is 2. The van der Waals surface area contributed by atoms with E-state index in [0.29, 0.717) is 13.0 Å². The number of carbonyl (C=O) groups is 2. The van der Waals surface area contributed by atoms with Crippen LogP contribution in [-0.2, 0) is 26.2 Å². The van der Waals surface area contributed by atoms with E-state index in [4.69, 9.17) is 23.2 Å². The third-order valence-electron chi connectivity index (χ3n) is 6.24. The minimum Gasteiger partial charge on any atom is -0.355 e. The van der Waals surface area contributed by atoms with Crippen LogP contribution in [0.1, 0.15) is 37.0 Å². The van der Waals surface area contributed by atoms with Gasteiger partial charge in [0.15, 0.2) is 0 Å². The van der Waals surface area contributed by atoms with Crippen LogP contribution in [0, 0.1) is 13.8 Å². The summed E-state index contributed by atoms with van der Waals surface area (Å²) in [5, 5.41) is 3.16. The first-order valence-corrected chi connectivity index (χ1v) is 14.8. The summed E-state index contributed by atoms with van der Waals surface area (Å²) in [5.74, 6) is -0.865. The number of amides is 2. The number of likely N-dealkylation sites (N-methyl/N-ethyl adjacent to an activating group) is 1. The molecule has 3 aromatic carbocycles. The third kappa shape index (κ3) is 7.53. The van der Waals surface area contributed by atoms with Gasteiger partial charge in [-0.2, -0.15) is 0 Å². The molecular weight excluding hydrogens is 557 g/mol. The predicted octanol–water partition coefficient (Wildman–Crippen LogP) is 5.75. The minimum atomic E-state index is -4.24. The second-order valence-corrected chi connectivity index (χ2v) is 12.0. The van der Waals surface area contributed by atoms with E-state index in [2.05, 4.69) is 5.32 Å². The quantitative estimate of drug-likeness (QED) is 0.308. The molecule has 208 valence electrons. The van der Waals surface area contributed by atoms with Crippen molar-refractivity contribution in [3.63, 3.8) is 0 Å². The van der Waals surface area contributed by atoms with Crippen LogP contribution in [0.25, 0.3) is 0 Å². The van der Waals surface area contributed by atoms with Gasteiger partial charge < -0.3 is 10.2 Å². The van der Waals surface area contributed by atoms with Crippen molar-refractivity contribution in [3.8, 4) is 0 Å². The highest BCUT2D eigenvalue weighted by Crippen LogP contribution is 2.33. The Hall–Kier alpha value is -3.07. The van der Waals surface area contributed by atoms with Crippen molar-refractivity contribution in [2.45, 2.75) is 51.6 Å². The number of sulfonamides is 1. The monoisotopic (exact) mass is 589 g/mol. The van der Waals surface area contributed by atoms with Crippen molar-refractivity contribution < 1.29 is 18.0 Å². The lowest BCUT2D eigenvalue weighted by atomic mass is 10.1. The highest BCUT2D eigenvalue weighted by molar-refractivity contribution is 7.92. The Morgan fingerprint density at radius 3 is 2.23 bits per heavy atom. The van der Waals surface area contributed by atoms with Gasteiger partial charge >= 0.3 is 0 Å². The lowest BCUT2D eigenvalue weighted by Crippen LogP contribution is -2.52. The van der Waals surface area contributed by atoms with Crippen molar-refractivity contribution in [2.24, 2.45) is 0 Å². The number of hydrogen-bond donors (Lipinski definition) is 1. The summed E-state index contributed by atoms with van der Waals surface area (Å²) in [6.07, 6.45) is 0.339. The molecule has 0 bridgehead atoms. The molecule has 0 aliphatic rings. The average molecular weight is 591 g/mol. The summed E-state index contributed by atoms with van der Waals surface area (Å²) in [5.41, 5.74) is 2.77.